The number of nitrogens with zero attached hydrogens (tertiary/aromatic N) is 2. The van der Waals surface area contributed by atoms with Crippen LogP contribution >= 0.6 is 12.2 Å². The van der Waals surface area contributed by atoms with Gasteiger partial charge in [0.05, 0.1) is 5.54 Å². The first-order valence-corrected chi connectivity index (χ1v) is 7.84. The van der Waals surface area contributed by atoms with Crippen LogP contribution in [0.1, 0.15) is 61.8 Å². The third kappa shape index (κ3) is 10.1. The van der Waals surface area contributed by atoms with Crippen molar-refractivity contribution in [1.29, 1.82) is 0 Å². The van der Waals surface area contributed by atoms with Gasteiger partial charge in [-0.05, 0) is 58.2 Å². The molecule has 0 aliphatic heterocycles. The number of azo groups is 1. The van der Waals surface area contributed by atoms with Crippen molar-refractivity contribution in [2.75, 3.05) is 6.54 Å². The molecule has 0 spiro atoms. The monoisotopic (exact) mass is 300 g/mol. The third-order valence-electron chi connectivity index (χ3n) is 2.43. The van der Waals surface area contributed by atoms with E-state index in [1.54, 1.807) is 0 Å². The van der Waals surface area contributed by atoms with Gasteiger partial charge in [-0.2, -0.15) is 10.2 Å². The summed E-state index contributed by atoms with van der Waals surface area (Å²) in [7, 11) is 0. The smallest absolute Gasteiger partial charge is 0.168 e. The molecule has 0 saturated carbocycles. The summed E-state index contributed by atoms with van der Waals surface area (Å²) in [4.78, 5) is 0. The minimum atomic E-state index is -0.456. The van der Waals surface area contributed by atoms with Gasteiger partial charge < -0.3 is 10.6 Å². The van der Waals surface area contributed by atoms with Crippen molar-refractivity contribution in [1.82, 2.24) is 10.6 Å². The fraction of sp³-hybridized carbons (Fsp3) is 0.933. The predicted molar refractivity (Wildman–Crippen MR) is 91.0 cm³/mol. The lowest BCUT2D eigenvalue weighted by Gasteiger charge is -2.30. The fourth-order valence-corrected chi connectivity index (χ4v) is 2.06. The second kappa shape index (κ2) is 7.91. The Morgan fingerprint density at radius 2 is 1.55 bits per heavy atom. The molecule has 0 heterocycles. The Hall–Kier alpha value is -0.710. The van der Waals surface area contributed by atoms with Crippen LogP contribution < -0.4 is 10.6 Å². The Morgan fingerprint density at radius 1 is 1.00 bits per heavy atom. The Morgan fingerprint density at radius 3 is 1.95 bits per heavy atom. The quantitative estimate of drug-likeness (QED) is 0.573. The van der Waals surface area contributed by atoms with Crippen molar-refractivity contribution in [3.63, 3.8) is 0 Å². The summed E-state index contributed by atoms with van der Waals surface area (Å²) >= 11 is 5.36. The maximum atomic E-state index is 5.36. The third-order valence-corrected chi connectivity index (χ3v) is 2.68. The molecule has 1 atom stereocenters. The molecule has 4 nitrogen and oxygen atoms in total. The van der Waals surface area contributed by atoms with Crippen LogP contribution in [0, 0.1) is 11.8 Å². The Labute approximate surface area is 130 Å². The van der Waals surface area contributed by atoms with Gasteiger partial charge in [0, 0.05) is 6.54 Å². The summed E-state index contributed by atoms with van der Waals surface area (Å²) in [5.41, 5.74) is -0.630. The van der Waals surface area contributed by atoms with Gasteiger partial charge in [0.25, 0.3) is 0 Å². The van der Waals surface area contributed by atoms with E-state index in [1.807, 2.05) is 27.7 Å². The van der Waals surface area contributed by atoms with Crippen LogP contribution in [0.4, 0.5) is 0 Å². The highest BCUT2D eigenvalue weighted by atomic mass is 32.1. The topological polar surface area (TPSA) is 48.8 Å². The molecule has 0 aromatic rings. The lowest BCUT2D eigenvalue weighted by Crippen LogP contribution is -2.50. The van der Waals surface area contributed by atoms with Crippen LogP contribution in [0.3, 0.4) is 0 Å². The first-order chi connectivity index (χ1) is 8.93. The van der Waals surface area contributed by atoms with E-state index in [9.17, 15) is 0 Å². The molecule has 0 fully saturated rings. The van der Waals surface area contributed by atoms with Crippen LogP contribution in [0.15, 0.2) is 10.2 Å². The fourth-order valence-electron chi connectivity index (χ4n) is 1.76. The summed E-state index contributed by atoms with van der Waals surface area (Å²) < 4.78 is 0. The molecule has 5 heteroatoms. The maximum Gasteiger partial charge on any atom is 0.168 e. The highest BCUT2D eigenvalue weighted by molar-refractivity contribution is 7.80. The molecule has 0 saturated heterocycles. The van der Waals surface area contributed by atoms with Crippen molar-refractivity contribution in [2.24, 2.45) is 22.1 Å². The number of thiocarbonyl (C=S) groups is 1. The molecular weight excluding hydrogens is 268 g/mol. The first-order valence-electron chi connectivity index (χ1n) is 7.43. The average molecular weight is 301 g/mol. The van der Waals surface area contributed by atoms with E-state index in [2.05, 4.69) is 48.6 Å². The zero-order chi connectivity index (χ0) is 16.0. The van der Waals surface area contributed by atoms with Gasteiger partial charge in [-0.1, -0.05) is 27.7 Å². The van der Waals surface area contributed by atoms with Crippen molar-refractivity contribution >= 4 is 17.3 Å². The number of hydrogen-bond acceptors (Lipinski definition) is 3. The molecule has 0 rings (SSSR count). The van der Waals surface area contributed by atoms with Crippen molar-refractivity contribution < 1.29 is 0 Å². The standard InChI is InChI=1S/C15H32N4S/c1-11(2)9-15(8,19-18-14(5,6)7)17-13(20)16-10-12(3)4/h11-12H,9-10H2,1-8H3,(H2,16,17,20). The molecule has 1 unspecified atom stereocenters. The highest BCUT2D eigenvalue weighted by Crippen LogP contribution is 2.21. The van der Waals surface area contributed by atoms with Crippen LogP contribution in [0.5, 0.6) is 0 Å². The molecule has 0 aliphatic rings. The lowest BCUT2D eigenvalue weighted by molar-refractivity contribution is 0.317. The van der Waals surface area contributed by atoms with Crippen LogP contribution in [0.2, 0.25) is 0 Å². The lowest BCUT2D eigenvalue weighted by atomic mass is 10.00. The Balaban J connectivity index is 4.78. The molecule has 20 heavy (non-hydrogen) atoms. The van der Waals surface area contributed by atoms with E-state index in [1.165, 1.54) is 0 Å². The predicted octanol–water partition coefficient (Wildman–Crippen LogP) is 4.12. The van der Waals surface area contributed by atoms with E-state index < -0.39 is 5.66 Å². The van der Waals surface area contributed by atoms with Gasteiger partial charge >= 0.3 is 0 Å². The van der Waals surface area contributed by atoms with Gasteiger partial charge in [0.2, 0.25) is 0 Å². The van der Waals surface area contributed by atoms with Gasteiger partial charge in [-0.25, -0.2) is 0 Å². The molecule has 0 radical (unpaired) electrons. The summed E-state index contributed by atoms with van der Waals surface area (Å²) in [6.07, 6.45) is 0.885. The van der Waals surface area contributed by atoms with Crippen molar-refractivity contribution in [3.8, 4) is 0 Å². The molecule has 0 bridgehead atoms. The van der Waals surface area contributed by atoms with Crippen molar-refractivity contribution in [3.05, 3.63) is 0 Å². The van der Waals surface area contributed by atoms with E-state index in [4.69, 9.17) is 12.2 Å². The summed E-state index contributed by atoms with van der Waals surface area (Å²) in [5, 5.41) is 16.1. The molecular formula is C15H32N4S. The van der Waals surface area contributed by atoms with Crippen LogP contribution in [-0.4, -0.2) is 22.9 Å². The SMILES string of the molecule is CC(C)CNC(=S)NC(C)(CC(C)C)N=NC(C)(C)C. The van der Waals surface area contributed by atoms with E-state index in [0.29, 0.717) is 16.9 Å². The molecule has 0 amide bonds. The number of hydrogen-bond donors (Lipinski definition) is 2. The second-order valence-corrected chi connectivity index (χ2v) is 7.88. The van der Waals surface area contributed by atoms with Crippen molar-refractivity contribution in [2.45, 2.75) is 73.0 Å². The largest absolute Gasteiger partial charge is 0.362 e. The molecule has 118 valence electrons. The summed E-state index contributed by atoms with van der Waals surface area (Å²) in [5.74, 6) is 1.07. The van der Waals surface area contributed by atoms with E-state index >= 15 is 0 Å². The van der Waals surface area contributed by atoms with Gasteiger partial charge in [-0.15, -0.1) is 0 Å². The number of rotatable bonds is 6. The second-order valence-electron chi connectivity index (χ2n) is 7.47. The molecule has 0 aromatic carbocycles. The highest BCUT2D eigenvalue weighted by Gasteiger charge is 2.27. The minimum Gasteiger partial charge on any atom is -0.362 e. The number of nitrogens with one attached hydrogen (secondary N) is 2. The molecule has 2 N–H and O–H groups in total. The zero-order valence-corrected chi connectivity index (χ0v) is 15.2. The Kier molecular flexibility index (Phi) is 7.63. The normalized spacial score (nSPS) is 15.7. The summed E-state index contributed by atoms with van der Waals surface area (Å²) in [6, 6.07) is 0. The van der Waals surface area contributed by atoms with Gasteiger partial charge in [-0.3, -0.25) is 0 Å². The van der Waals surface area contributed by atoms with Gasteiger partial charge in [0.15, 0.2) is 5.11 Å². The Bertz CT molecular complexity index is 331. The maximum absolute atomic E-state index is 5.36. The van der Waals surface area contributed by atoms with E-state index in [0.717, 1.165) is 13.0 Å². The van der Waals surface area contributed by atoms with E-state index in [-0.39, 0.29) is 5.54 Å². The average Bonchev–Trinajstić information content (AvgIpc) is 2.21. The zero-order valence-electron chi connectivity index (χ0n) is 14.4. The van der Waals surface area contributed by atoms with Crippen LogP contribution in [0.25, 0.3) is 0 Å². The molecule has 0 aromatic heterocycles. The van der Waals surface area contributed by atoms with Crippen LogP contribution in [-0.2, 0) is 0 Å². The van der Waals surface area contributed by atoms with Gasteiger partial charge in [0.1, 0.15) is 5.66 Å². The first kappa shape index (κ1) is 19.3. The molecule has 0 aliphatic carbocycles. The summed E-state index contributed by atoms with van der Waals surface area (Å²) in [6.45, 7) is 17.7. The minimum absolute atomic E-state index is 0.174.